The van der Waals surface area contributed by atoms with Crippen molar-refractivity contribution in [2.24, 2.45) is 0 Å². The topological polar surface area (TPSA) is 49.6 Å². The summed E-state index contributed by atoms with van der Waals surface area (Å²) >= 11 is 6.10. The average Bonchev–Trinajstić information content (AvgIpc) is 2.37. The Balaban J connectivity index is 2.22. The molecule has 0 saturated carbocycles. The predicted molar refractivity (Wildman–Crippen MR) is 78.5 cm³/mol. The van der Waals surface area contributed by atoms with Gasteiger partial charge in [0.15, 0.2) is 0 Å². The molecule has 0 aromatic heterocycles. The van der Waals surface area contributed by atoms with Crippen molar-refractivity contribution in [2.45, 2.75) is 25.9 Å². The maximum Gasteiger partial charge on any atom is 0.255 e. The van der Waals surface area contributed by atoms with Crippen LogP contribution in [0.1, 0.15) is 24.2 Å². The number of carbonyl (C=O) groups is 1. The lowest BCUT2D eigenvalue weighted by Crippen LogP contribution is -2.56. The number of hydrogen-bond acceptors (Lipinski definition) is 3. The van der Waals surface area contributed by atoms with Crippen LogP contribution in [0.25, 0.3) is 0 Å². The summed E-state index contributed by atoms with van der Waals surface area (Å²) in [5.74, 6) is -0.0379. The highest BCUT2D eigenvalue weighted by Crippen LogP contribution is 2.23. The SMILES string of the molecule is CC1CN(C(=O)c2cc(N)ccc2Cl)CC(C)N1C. The Labute approximate surface area is 119 Å². The first-order valence-electron chi connectivity index (χ1n) is 6.46. The molecule has 1 saturated heterocycles. The smallest absolute Gasteiger partial charge is 0.255 e. The van der Waals surface area contributed by atoms with Crippen molar-refractivity contribution in [3.05, 3.63) is 28.8 Å². The second-order valence-corrected chi connectivity index (χ2v) is 5.72. The Bertz CT molecular complexity index is 480. The van der Waals surface area contributed by atoms with Gasteiger partial charge in [0.1, 0.15) is 0 Å². The van der Waals surface area contributed by atoms with Gasteiger partial charge in [0.05, 0.1) is 10.6 Å². The van der Waals surface area contributed by atoms with Crippen LogP contribution < -0.4 is 5.73 Å². The third kappa shape index (κ3) is 2.85. The molecular formula is C14H20ClN3O. The summed E-state index contributed by atoms with van der Waals surface area (Å²) < 4.78 is 0. The molecule has 0 spiro atoms. The molecule has 2 atom stereocenters. The molecule has 1 heterocycles. The zero-order chi connectivity index (χ0) is 14.2. The van der Waals surface area contributed by atoms with Crippen LogP contribution in [0.15, 0.2) is 18.2 Å². The van der Waals surface area contributed by atoms with Crippen LogP contribution in [-0.2, 0) is 0 Å². The molecule has 4 nitrogen and oxygen atoms in total. The first-order valence-corrected chi connectivity index (χ1v) is 6.84. The third-order valence-corrected chi connectivity index (χ3v) is 4.20. The maximum absolute atomic E-state index is 12.5. The summed E-state index contributed by atoms with van der Waals surface area (Å²) in [5, 5.41) is 0.457. The molecule has 0 aliphatic carbocycles. The number of rotatable bonds is 1. The average molecular weight is 282 g/mol. The third-order valence-electron chi connectivity index (χ3n) is 3.87. The monoisotopic (exact) mass is 281 g/mol. The van der Waals surface area contributed by atoms with Crippen LogP contribution in [0.5, 0.6) is 0 Å². The van der Waals surface area contributed by atoms with Crippen molar-refractivity contribution < 1.29 is 4.79 Å². The number of halogens is 1. The minimum atomic E-state index is -0.0379. The van der Waals surface area contributed by atoms with E-state index in [-0.39, 0.29) is 5.91 Å². The second-order valence-electron chi connectivity index (χ2n) is 5.31. The van der Waals surface area contributed by atoms with Gasteiger partial charge < -0.3 is 10.6 Å². The molecule has 1 aliphatic heterocycles. The number of nitrogens with two attached hydrogens (primary N) is 1. The van der Waals surface area contributed by atoms with E-state index in [1.807, 2.05) is 4.90 Å². The molecule has 0 radical (unpaired) electrons. The van der Waals surface area contributed by atoms with Crippen LogP contribution in [0.3, 0.4) is 0 Å². The minimum Gasteiger partial charge on any atom is -0.399 e. The van der Waals surface area contributed by atoms with Gasteiger partial charge >= 0.3 is 0 Å². The molecule has 5 heteroatoms. The fourth-order valence-corrected chi connectivity index (χ4v) is 2.65. The molecule has 1 aliphatic rings. The van der Waals surface area contributed by atoms with Gasteiger partial charge in [-0.1, -0.05) is 11.6 Å². The highest BCUT2D eigenvalue weighted by molar-refractivity contribution is 6.34. The fraction of sp³-hybridized carbons (Fsp3) is 0.500. The summed E-state index contributed by atoms with van der Waals surface area (Å²) in [7, 11) is 2.09. The molecule has 104 valence electrons. The van der Waals surface area contributed by atoms with Crippen molar-refractivity contribution in [1.29, 1.82) is 0 Å². The molecule has 19 heavy (non-hydrogen) atoms. The van der Waals surface area contributed by atoms with E-state index in [2.05, 4.69) is 25.8 Å². The van der Waals surface area contributed by atoms with Crippen LogP contribution in [-0.4, -0.2) is 47.9 Å². The van der Waals surface area contributed by atoms with E-state index in [1.54, 1.807) is 18.2 Å². The summed E-state index contributed by atoms with van der Waals surface area (Å²) in [4.78, 5) is 16.7. The standard InChI is InChI=1S/C14H20ClN3O/c1-9-7-18(8-10(2)17(9)3)14(19)12-6-11(16)4-5-13(12)15/h4-6,9-10H,7-8,16H2,1-3H3. The van der Waals surface area contributed by atoms with Gasteiger partial charge in [0.25, 0.3) is 5.91 Å². The maximum atomic E-state index is 12.5. The van der Waals surface area contributed by atoms with Gasteiger partial charge in [0, 0.05) is 30.9 Å². The first-order chi connectivity index (χ1) is 8.90. The molecule has 2 rings (SSSR count). The lowest BCUT2D eigenvalue weighted by Gasteiger charge is -2.42. The van der Waals surface area contributed by atoms with E-state index in [1.165, 1.54) is 0 Å². The van der Waals surface area contributed by atoms with Gasteiger partial charge in [-0.3, -0.25) is 9.69 Å². The molecule has 2 unspecified atom stereocenters. The quantitative estimate of drug-likeness (QED) is 0.802. The van der Waals surface area contributed by atoms with Gasteiger partial charge in [-0.2, -0.15) is 0 Å². The Morgan fingerprint density at radius 2 is 1.89 bits per heavy atom. The summed E-state index contributed by atoms with van der Waals surface area (Å²) in [6.07, 6.45) is 0. The lowest BCUT2D eigenvalue weighted by atomic mass is 10.1. The van der Waals surface area contributed by atoms with E-state index in [0.29, 0.717) is 41.4 Å². The Kier molecular flexibility index (Phi) is 4.02. The Morgan fingerprint density at radius 3 is 2.47 bits per heavy atom. The number of piperazine rings is 1. The van der Waals surface area contributed by atoms with Gasteiger partial charge in [-0.05, 0) is 39.1 Å². The van der Waals surface area contributed by atoms with E-state index >= 15 is 0 Å². The van der Waals surface area contributed by atoms with Gasteiger partial charge in [0.2, 0.25) is 0 Å². The Hall–Kier alpha value is -1.26. The number of benzene rings is 1. The Morgan fingerprint density at radius 1 is 1.32 bits per heavy atom. The number of carbonyl (C=O) groups excluding carboxylic acids is 1. The molecule has 0 bridgehead atoms. The van der Waals surface area contributed by atoms with Gasteiger partial charge in [-0.15, -0.1) is 0 Å². The molecule has 1 aromatic rings. The minimum absolute atomic E-state index is 0.0379. The number of amides is 1. The number of hydrogen-bond donors (Lipinski definition) is 1. The molecule has 1 fully saturated rings. The molecule has 1 aromatic carbocycles. The van der Waals surface area contributed by atoms with E-state index < -0.39 is 0 Å². The normalized spacial score (nSPS) is 24.5. The van der Waals surface area contributed by atoms with E-state index in [0.717, 1.165) is 0 Å². The summed E-state index contributed by atoms with van der Waals surface area (Å²) in [6, 6.07) is 5.71. The zero-order valence-electron chi connectivity index (χ0n) is 11.6. The van der Waals surface area contributed by atoms with Crippen LogP contribution in [0.4, 0.5) is 5.69 Å². The number of anilines is 1. The van der Waals surface area contributed by atoms with E-state index in [9.17, 15) is 4.79 Å². The summed E-state index contributed by atoms with van der Waals surface area (Å²) in [6.45, 7) is 5.67. The highest BCUT2D eigenvalue weighted by atomic mass is 35.5. The van der Waals surface area contributed by atoms with Crippen molar-refractivity contribution >= 4 is 23.2 Å². The second kappa shape index (κ2) is 5.39. The van der Waals surface area contributed by atoms with Gasteiger partial charge in [-0.25, -0.2) is 0 Å². The first kappa shape index (κ1) is 14.2. The highest BCUT2D eigenvalue weighted by Gasteiger charge is 2.30. The largest absolute Gasteiger partial charge is 0.399 e. The van der Waals surface area contributed by atoms with E-state index in [4.69, 9.17) is 17.3 Å². The number of likely N-dealkylation sites (N-methyl/N-ethyl adjacent to an activating group) is 1. The zero-order valence-corrected chi connectivity index (χ0v) is 12.3. The van der Waals surface area contributed by atoms with Crippen molar-refractivity contribution in [2.75, 3.05) is 25.9 Å². The summed E-state index contributed by atoms with van der Waals surface area (Å²) in [5.41, 5.74) is 6.78. The van der Waals surface area contributed by atoms with Crippen LogP contribution in [0.2, 0.25) is 5.02 Å². The number of nitrogen functional groups attached to an aromatic ring is 1. The fourth-order valence-electron chi connectivity index (χ4n) is 2.45. The molecule has 2 N–H and O–H groups in total. The molecular weight excluding hydrogens is 262 g/mol. The van der Waals surface area contributed by atoms with Crippen LogP contribution in [0, 0.1) is 0 Å². The molecule has 1 amide bonds. The predicted octanol–water partition coefficient (Wildman–Crippen LogP) is 2.09. The van der Waals surface area contributed by atoms with Crippen molar-refractivity contribution in [3.63, 3.8) is 0 Å². The van der Waals surface area contributed by atoms with Crippen LogP contribution >= 0.6 is 11.6 Å². The lowest BCUT2D eigenvalue weighted by molar-refractivity contribution is 0.0414. The van der Waals surface area contributed by atoms with Crippen molar-refractivity contribution in [1.82, 2.24) is 9.80 Å². The van der Waals surface area contributed by atoms with Crippen molar-refractivity contribution in [3.8, 4) is 0 Å². The number of nitrogens with zero attached hydrogens (tertiary/aromatic N) is 2.